The topological polar surface area (TPSA) is 41.9 Å². The van der Waals surface area contributed by atoms with Crippen LogP contribution in [0.3, 0.4) is 0 Å². The van der Waals surface area contributed by atoms with Crippen molar-refractivity contribution in [1.29, 1.82) is 0 Å². The monoisotopic (exact) mass is 277 g/mol. The van der Waals surface area contributed by atoms with Crippen LogP contribution < -0.4 is 9.47 Å². The third kappa shape index (κ3) is 2.38. The number of ether oxygens (including phenoxy) is 2. The molecule has 1 unspecified atom stereocenters. The van der Waals surface area contributed by atoms with Gasteiger partial charge < -0.3 is 19.5 Å². The van der Waals surface area contributed by atoms with Gasteiger partial charge in [-0.15, -0.1) is 0 Å². The molecule has 1 spiro atoms. The highest BCUT2D eigenvalue weighted by Crippen LogP contribution is 2.45. The maximum absolute atomic E-state index is 10.4. The van der Waals surface area contributed by atoms with Crippen molar-refractivity contribution < 1.29 is 14.6 Å². The van der Waals surface area contributed by atoms with E-state index in [1.54, 1.807) is 7.11 Å². The number of likely N-dealkylation sites (tertiary alicyclic amines) is 1. The van der Waals surface area contributed by atoms with Gasteiger partial charge in [-0.2, -0.15) is 0 Å². The van der Waals surface area contributed by atoms with Crippen LogP contribution in [0.1, 0.15) is 37.9 Å². The van der Waals surface area contributed by atoms with Crippen LogP contribution in [0.5, 0.6) is 11.5 Å². The lowest BCUT2D eigenvalue weighted by Crippen LogP contribution is -2.50. The molecule has 0 bridgehead atoms. The second-order valence-electron chi connectivity index (χ2n) is 5.84. The lowest BCUT2D eigenvalue weighted by Gasteiger charge is -2.45. The van der Waals surface area contributed by atoms with Crippen molar-refractivity contribution in [1.82, 2.24) is 4.90 Å². The van der Waals surface area contributed by atoms with Crippen LogP contribution in [0.2, 0.25) is 0 Å². The van der Waals surface area contributed by atoms with Crippen molar-refractivity contribution in [3.8, 4) is 11.5 Å². The number of benzene rings is 1. The summed E-state index contributed by atoms with van der Waals surface area (Å²) in [5.74, 6) is 1.56. The van der Waals surface area contributed by atoms with Gasteiger partial charge >= 0.3 is 0 Å². The first-order chi connectivity index (χ1) is 9.65. The van der Waals surface area contributed by atoms with Crippen LogP contribution in [0.15, 0.2) is 18.2 Å². The Bertz CT molecular complexity index is 481. The molecule has 0 aliphatic carbocycles. The van der Waals surface area contributed by atoms with Gasteiger partial charge in [0.25, 0.3) is 0 Å². The summed E-state index contributed by atoms with van der Waals surface area (Å²) in [5.41, 5.74) is 0.680. The molecule has 4 heteroatoms. The third-order valence-electron chi connectivity index (χ3n) is 4.69. The molecule has 0 radical (unpaired) electrons. The molecule has 0 saturated carbocycles. The van der Waals surface area contributed by atoms with Gasteiger partial charge in [-0.25, -0.2) is 0 Å². The molecule has 110 valence electrons. The number of aliphatic hydroxyl groups is 1. The molecule has 4 nitrogen and oxygen atoms in total. The maximum atomic E-state index is 10.4. The summed E-state index contributed by atoms with van der Waals surface area (Å²) in [5, 5.41) is 10.4. The first-order valence-electron chi connectivity index (χ1n) is 7.43. The number of rotatable bonds is 2. The Morgan fingerprint density at radius 3 is 2.80 bits per heavy atom. The molecule has 2 aliphatic heterocycles. The standard InChI is InChI=1S/C16H23NO3/c1-3-17-8-6-16(7-9-17)11-14(18)13-5-4-12(19-2)10-15(13)20-16/h4-5,10,14,18H,3,6-9,11H2,1-2H3. The van der Waals surface area contributed by atoms with Crippen LogP contribution in [0.25, 0.3) is 0 Å². The van der Waals surface area contributed by atoms with Crippen molar-refractivity contribution in [2.45, 2.75) is 37.9 Å². The highest BCUT2D eigenvalue weighted by Gasteiger charge is 2.42. The third-order valence-corrected chi connectivity index (χ3v) is 4.69. The fourth-order valence-electron chi connectivity index (χ4n) is 3.33. The minimum atomic E-state index is -0.433. The number of hydrogen-bond acceptors (Lipinski definition) is 4. The molecule has 1 fully saturated rings. The molecule has 2 heterocycles. The molecule has 1 aromatic rings. The van der Waals surface area contributed by atoms with Crippen LogP contribution >= 0.6 is 0 Å². The van der Waals surface area contributed by atoms with Crippen LogP contribution in [0, 0.1) is 0 Å². The minimum Gasteiger partial charge on any atom is -0.497 e. The predicted molar refractivity (Wildman–Crippen MR) is 77.3 cm³/mol. The molecule has 0 aromatic heterocycles. The Morgan fingerprint density at radius 1 is 1.40 bits per heavy atom. The number of fused-ring (bicyclic) bond motifs is 1. The van der Waals surface area contributed by atoms with Gasteiger partial charge in [-0.05, 0) is 31.5 Å². The molecule has 1 N–H and O–H groups in total. The van der Waals surface area contributed by atoms with E-state index in [0.29, 0.717) is 6.42 Å². The molecule has 1 saturated heterocycles. The Kier molecular flexibility index (Phi) is 3.61. The number of methoxy groups -OCH3 is 1. The van der Waals surface area contributed by atoms with E-state index < -0.39 is 6.10 Å². The van der Waals surface area contributed by atoms with Crippen molar-refractivity contribution in [3.63, 3.8) is 0 Å². The fourth-order valence-corrected chi connectivity index (χ4v) is 3.33. The van der Waals surface area contributed by atoms with Gasteiger partial charge in [0, 0.05) is 31.1 Å². The Balaban J connectivity index is 1.84. The molecule has 1 aromatic carbocycles. The van der Waals surface area contributed by atoms with Crippen molar-refractivity contribution in [2.24, 2.45) is 0 Å². The fraction of sp³-hybridized carbons (Fsp3) is 0.625. The molecular formula is C16H23NO3. The molecule has 1 atom stereocenters. The molecule has 20 heavy (non-hydrogen) atoms. The quantitative estimate of drug-likeness (QED) is 0.901. The lowest BCUT2D eigenvalue weighted by molar-refractivity contribution is -0.0532. The van der Waals surface area contributed by atoms with Gasteiger partial charge in [0.15, 0.2) is 0 Å². The number of aliphatic hydroxyl groups excluding tert-OH is 1. The van der Waals surface area contributed by atoms with E-state index in [4.69, 9.17) is 9.47 Å². The molecule has 0 amide bonds. The second-order valence-corrected chi connectivity index (χ2v) is 5.84. The summed E-state index contributed by atoms with van der Waals surface area (Å²) in [6.07, 6.45) is 2.23. The van der Waals surface area contributed by atoms with E-state index >= 15 is 0 Å². The highest BCUT2D eigenvalue weighted by atomic mass is 16.5. The zero-order chi connectivity index (χ0) is 14.2. The van der Waals surface area contributed by atoms with E-state index in [0.717, 1.165) is 49.5 Å². The summed E-state index contributed by atoms with van der Waals surface area (Å²) in [6.45, 7) is 5.36. The summed E-state index contributed by atoms with van der Waals surface area (Å²) >= 11 is 0. The summed E-state index contributed by atoms with van der Waals surface area (Å²) in [7, 11) is 1.65. The summed E-state index contributed by atoms with van der Waals surface area (Å²) in [4.78, 5) is 2.43. The van der Waals surface area contributed by atoms with Crippen molar-refractivity contribution >= 4 is 0 Å². The summed E-state index contributed by atoms with van der Waals surface area (Å²) < 4.78 is 11.6. The normalized spacial score (nSPS) is 25.1. The lowest BCUT2D eigenvalue weighted by atomic mass is 9.81. The Morgan fingerprint density at radius 2 is 2.15 bits per heavy atom. The largest absolute Gasteiger partial charge is 0.497 e. The summed E-state index contributed by atoms with van der Waals surface area (Å²) in [6, 6.07) is 5.68. The van der Waals surface area contributed by atoms with Crippen molar-refractivity contribution in [3.05, 3.63) is 23.8 Å². The maximum Gasteiger partial charge on any atom is 0.129 e. The van der Waals surface area contributed by atoms with E-state index in [-0.39, 0.29) is 5.60 Å². The molecule has 2 aliphatic rings. The zero-order valence-corrected chi connectivity index (χ0v) is 12.3. The Hall–Kier alpha value is -1.26. The minimum absolute atomic E-state index is 0.204. The van der Waals surface area contributed by atoms with Crippen LogP contribution in [-0.2, 0) is 0 Å². The van der Waals surface area contributed by atoms with Gasteiger partial charge in [0.05, 0.1) is 13.2 Å². The average molecular weight is 277 g/mol. The SMILES string of the molecule is CCN1CCC2(CC1)CC(O)c1ccc(OC)cc1O2. The number of piperidine rings is 1. The first-order valence-corrected chi connectivity index (χ1v) is 7.43. The van der Waals surface area contributed by atoms with Crippen LogP contribution in [-0.4, -0.2) is 42.4 Å². The molecule has 3 rings (SSSR count). The van der Waals surface area contributed by atoms with Gasteiger partial charge in [0.1, 0.15) is 17.1 Å². The average Bonchev–Trinajstić information content (AvgIpc) is 2.47. The molecular weight excluding hydrogens is 254 g/mol. The van der Waals surface area contributed by atoms with Gasteiger partial charge in [0.2, 0.25) is 0 Å². The van der Waals surface area contributed by atoms with Gasteiger partial charge in [-0.3, -0.25) is 0 Å². The highest BCUT2D eigenvalue weighted by molar-refractivity contribution is 5.44. The predicted octanol–water partition coefficient (Wildman–Crippen LogP) is 2.37. The zero-order valence-electron chi connectivity index (χ0n) is 12.3. The van der Waals surface area contributed by atoms with E-state index in [1.807, 2.05) is 18.2 Å². The van der Waals surface area contributed by atoms with E-state index in [2.05, 4.69) is 11.8 Å². The first kappa shape index (κ1) is 13.7. The smallest absolute Gasteiger partial charge is 0.129 e. The number of nitrogens with zero attached hydrogens (tertiary/aromatic N) is 1. The Labute approximate surface area is 120 Å². The second kappa shape index (κ2) is 5.26. The number of hydrogen-bond donors (Lipinski definition) is 1. The van der Waals surface area contributed by atoms with E-state index in [1.165, 1.54) is 0 Å². The van der Waals surface area contributed by atoms with Crippen LogP contribution in [0.4, 0.5) is 0 Å². The van der Waals surface area contributed by atoms with E-state index in [9.17, 15) is 5.11 Å². The van der Waals surface area contributed by atoms with Gasteiger partial charge in [-0.1, -0.05) is 6.92 Å². The van der Waals surface area contributed by atoms with Crippen molar-refractivity contribution in [2.75, 3.05) is 26.7 Å².